The maximum atomic E-state index is 6.26. The zero-order valence-corrected chi connectivity index (χ0v) is 18.6. The highest BCUT2D eigenvalue weighted by atomic mass is 127. The number of pyridine rings is 1. The summed E-state index contributed by atoms with van der Waals surface area (Å²) in [5.74, 6) is 1.75. The molecule has 0 amide bonds. The van der Waals surface area contributed by atoms with E-state index in [4.69, 9.17) is 16.3 Å². The van der Waals surface area contributed by atoms with Crippen molar-refractivity contribution in [3.05, 3.63) is 23.4 Å². The number of rotatable bonds is 7. The third-order valence-electron chi connectivity index (χ3n) is 5.22. The molecule has 26 heavy (non-hydrogen) atoms. The molecule has 2 fully saturated rings. The van der Waals surface area contributed by atoms with Crippen LogP contribution in [-0.2, 0) is 4.74 Å². The van der Waals surface area contributed by atoms with Gasteiger partial charge < -0.3 is 20.3 Å². The Morgan fingerprint density at radius 3 is 2.96 bits per heavy atom. The zero-order valence-electron chi connectivity index (χ0n) is 15.5. The van der Waals surface area contributed by atoms with E-state index in [1.807, 2.05) is 19.2 Å². The Kier molecular flexibility index (Phi) is 8.22. The molecule has 1 aliphatic heterocycles. The molecule has 1 saturated carbocycles. The van der Waals surface area contributed by atoms with Gasteiger partial charge in [0, 0.05) is 52.6 Å². The minimum atomic E-state index is 0. The van der Waals surface area contributed by atoms with Gasteiger partial charge in [0.1, 0.15) is 5.82 Å². The maximum Gasteiger partial charge on any atom is 0.191 e. The number of nitrogens with one attached hydrogen (secondary N) is 2. The van der Waals surface area contributed by atoms with Crippen molar-refractivity contribution in [1.82, 2.24) is 15.6 Å². The molecule has 1 aromatic heterocycles. The topological polar surface area (TPSA) is 61.8 Å². The third-order valence-corrected chi connectivity index (χ3v) is 5.51. The van der Waals surface area contributed by atoms with Crippen LogP contribution < -0.4 is 15.5 Å². The van der Waals surface area contributed by atoms with Gasteiger partial charge in [0.05, 0.1) is 5.02 Å². The van der Waals surface area contributed by atoms with Crippen LogP contribution in [0.3, 0.4) is 0 Å². The second-order valence-corrected chi connectivity index (χ2v) is 7.46. The molecule has 0 bridgehead atoms. The van der Waals surface area contributed by atoms with Crippen molar-refractivity contribution in [2.45, 2.75) is 31.7 Å². The van der Waals surface area contributed by atoms with E-state index >= 15 is 0 Å². The van der Waals surface area contributed by atoms with Crippen molar-refractivity contribution < 1.29 is 4.74 Å². The molecule has 1 atom stereocenters. The Balaban J connectivity index is 0.00000243. The summed E-state index contributed by atoms with van der Waals surface area (Å²) >= 11 is 6.26. The van der Waals surface area contributed by atoms with Gasteiger partial charge >= 0.3 is 0 Å². The van der Waals surface area contributed by atoms with Crippen LogP contribution in [0.15, 0.2) is 23.3 Å². The lowest BCUT2D eigenvalue weighted by atomic mass is 10.0. The number of methoxy groups -OCH3 is 1. The van der Waals surface area contributed by atoms with Crippen molar-refractivity contribution in [3.8, 4) is 0 Å². The molecule has 2 aliphatic rings. The first kappa shape index (κ1) is 21.5. The molecule has 6 nitrogen and oxygen atoms in total. The first-order chi connectivity index (χ1) is 12.2. The molecule has 0 spiro atoms. The highest BCUT2D eigenvalue weighted by Crippen LogP contribution is 2.48. The molecule has 1 aromatic rings. The fraction of sp³-hybridized carbons (Fsp3) is 0.667. The van der Waals surface area contributed by atoms with Gasteiger partial charge in [-0.05, 0) is 43.2 Å². The van der Waals surface area contributed by atoms with Crippen LogP contribution in [0, 0.1) is 5.41 Å². The number of hydrogen-bond donors (Lipinski definition) is 2. The predicted molar refractivity (Wildman–Crippen MR) is 118 cm³/mol. The van der Waals surface area contributed by atoms with E-state index in [0.29, 0.717) is 16.5 Å². The monoisotopic (exact) mass is 493 g/mol. The number of nitrogens with zero attached hydrogens (tertiary/aromatic N) is 3. The summed E-state index contributed by atoms with van der Waals surface area (Å²) in [7, 11) is 3.59. The van der Waals surface area contributed by atoms with E-state index in [9.17, 15) is 0 Å². The molecule has 2 N–H and O–H groups in total. The van der Waals surface area contributed by atoms with E-state index in [-0.39, 0.29) is 24.0 Å². The highest BCUT2D eigenvalue weighted by molar-refractivity contribution is 14.0. The van der Waals surface area contributed by atoms with Crippen LogP contribution >= 0.6 is 35.6 Å². The molecule has 146 valence electrons. The lowest BCUT2D eigenvalue weighted by molar-refractivity contribution is 0.172. The van der Waals surface area contributed by atoms with Crippen LogP contribution in [0.1, 0.15) is 25.7 Å². The van der Waals surface area contributed by atoms with Crippen LogP contribution in [0.25, 0.3) is 0 Å². The predicted octanol–water partition coefficient (Wildman–Crippen LogP) is 2.91. The maximum absolute atomic E-state index is 6.26. The Morgan fingerprint density at radius 2 is 2.31 bits per heavy atom. The zero-order chi connectivity index (χ0) is 17.7. The van der Waals surface area contributed by atoms with E-state index in [0.717, 1.165) is 50.9 Å². The van der Waals surface area contributed by atoms with Gasteiger partial charge in [-0.25, -0.2) is 4.98 Å². The van der Waals surface area contributed by atoms with E-state index in [1.54, 1.807) is 13.3 Å². The van der Waals surface area contributed by atoms with Gasteiger partial charge in [0.25, 0.3) is 0 Å². The fourth-order valence-corrected chi connectivity index (χ4v) is 3.59. The Morgan fingerprint density at radius 1 is 1.50 bits per heavy atom. The van der Waals surface area contributed by atoms with Crippen molar-refractivity contribution in [1.29, 1.82) is 0 Å². The number of halogens is 2. The molecule has 0 radical (unpaired) electrons. The fourth-order valence-electron chi connectivity index (χ4n) is 3.35. The van der Waals surface area contributed by atoms with Crippen molar-refractivity contribution in [2.24, 2.45) is 10.4 Å². The van der Waals surface area contributed by atoms with Crippen molar-refractivity contribution in [2.75, 3.05) is 45.3 Å². The lowest BCUT2D eigenvalue weighted by Crippen LogP contribution is -2.46. The lowest BCUT2D eigenvalue weighted by Gasteiger charge is -2.22. The van der Waals surface area contributed by atoms with Gasteiger partial charge in [-0.2, -0.15) is 0 Å². The Bertz CT molecular complexity index is 611. The van der Waals surface area contributed by atoms with E-state index < -0.39 is 0 Å². The SMILES string of the molecule is CN=C(NCC1(CCOC)CC1)NC1CCN(c2ncccc2Cl)C1.I. The summed E-state index contributed by atoms with van der Waals surface area (Å²) in [5.41, 5.74) is 0.400. The van der Waals surface area contributed by atoms with Crippen molar-refractivity contribution in [3.63, 3.8) is 0 Å². The summed E-state index contributed by atoms with van der Waals surface area (Å²) in [6, 6.07) is 4.10. The smallest absolute Gasteiger partial charge is 0.191 e. The summed E-state index contributed by atoms with van der Waals surface area (Å²) in [6.45, 7) is 3.62. The van der Waals surface area contributed by atoms with Gasteiger partial charge in [-0.1, -0.05) is 11.6 Å². The van der Waals surface area contributed by atoms with Gasteiger partial charge in [-0.15, -0.1) is 24.0 Å². The van der Waals surface area contributed by atoms with Gasteiger partial charge in [0.15, 0.2) is 5.96 Å². The minimum Gasteiger partial charge on any atom is -0.385 e. The number of ether oxygens (including phenoxy) is 1. The number of aliphatic imine (C=N–C) groups is 1. The number of hydrogen-bond acceptors (Lipinski definition) is 4. The molecule has 0 aromatic carbocycles. The van der Waals surface area contributed by atoms with Gasteiger partial charge in [-0.3, -0.25) is 4.99 Å². The quantitative estimate of drug-likeness (QED) is 0.347. The number of aromatic nitrogens is 1. The Labute approximate surface area is 178 Å². The van der Waals surface area contributed by atoms with Gasteiger partial charge in [0.2, 0.25) is 0 Å². The summed E-state index contributed by atoms with van der Waals surface area (Å²) < 4.78 is 5.23. The second kappa shape index (κ2) is 9.94. The minimum absolute atomic E-state index is 0. The number of guanidine groups is 1. The Hall–Kier alpha value is -0.800. The summed E-state index contributed by atoms with van der Waals surface area (Å²) in [6.07, 6.45) is 6.49. The van der Waals surface area contributed by atoms with Crippen LogP contribution in [-0.4, -0.2) is 57.4 Å². The largest absolute Gasteiger partial charge is 0.385 e. The van der Waals surface area contributed by atoms with Crippen molar-refractivity contribution >= 4 is 47.4 Å². The van der Waals surface area contributed by atoms with E-state index in [2.05, 4.69) is 25.5 Å². The summed E-state index contributed by atoms with van der Waals surface area (Å²) in [4.78, 5) is 11.0. The number of anilines is 1. The molecule has 1 unspecified atom stereocenters. The molecular weight excluding hydrogens is 465 g/mol. The summed E-state index contributed by atoms with van der Waals surface area (Å²) in [5, 5.41) is 7.74. The average Bonchev–Trinajstić information content (AvgIpc) is 3.25. The first-order valence-electron chi connectivity index (χ1n) is 8.97. The van der Waals surface area contributed by atoms with Crippen LogP contribution in [0.5, 0.6) is 0 Å². The van der Waals surface area contributed by atoms with E-state index in [1.165, 1.54) is 12.8 Å². The van der Waals surface area contributed by atoms with Crippen LogP contribution in [0.2, 0.25) is 5.02 Å². The molecule has 1 saturated heterocycles. The highest BCUT2D eigenvalue weighted by Gasteiger charge is 2.42. The standard InChI is InChI=1S/C18H28ClN5O.HI/c1-20-17(22-13-18(6-7-18)8-11-25-2)23-14-5-10-24(12-14)16-15(19)4-3-9-21-16;/h3-4,9,14H,5-8,10-13H2,1-2H3,(H2,20,22,23);1H. The molecule has 1 aliphatic carbocycles. The van der Waals surface area contributed by atoms with Crippen LogP contribution in [0.4, 0.5) is 5.82 Å². The average molecular weight is 494 g/mol. The first-order valence-corrected chi connectivity index (χ1v) is 9.35. The molecule has 2 heterocycles. The molecular formula is C18H29ClIN5O. The second-order valence-electron chi connectivity index (χ2n) is 7.05. The molecule has 8 heteroatoms. The molecule has 3 rings (SSSR count). The normalized spacial score (nSPS) is 21.3. The third kappa shape index (κ3) is 5.60.